The van der Waals surface area contributed by atoms with Gasteiger partial charge in [0.15, 0.2) is 5.82 Å². The lowest BCUT2D eigenvalue weighted by Gasteiger charge is -2.35. The van der Waals surface area contributed by atoms with Gasteiger partial charge in [-0.15, -0.1) is 0 Å². The van der Waals surface area contributed by atoms with Crippen LogP contribution < -0.4 is 15.5 Å². The molecule has 3 aromatic rings. The molecule has 4 heterocycles. The Labute approximate surface area is 158 Å². The fraction of sp³-hybridized carbons (Fsp3) is 0.286. The second-order valence-corrected chi connectivity index (χ2v) is 7.00. The van der Waals surface area contributed by atoms with Crippen LogP contribution in [0.15, 0.2) is 54.9 Å². The molecule has 1 saturated heterocycles. The molecule has 0 radical (unpaired) electrons. The number of pyridine rings is 1. The Morgan fingerprint density at radius 2 is 1.81 bits per heavy atom. The molecule has 2 aliphatic heterocycles. The molecule has 27 heavy (non-hydrogen) atoms. The molecular formula is C21H22N6. The Hall–Kier alpha value is -2.83. The first kappa shape index (κ1) is 16.4. The Kier molecular flexibility index (Phi) is 4.27. The van der Waals surface area contributed by atoms with E-state index < -0.39 is 0 Å². The molecule has 1 unspecified atom stereocenters. The molecule has 5 rings (SSSR count). The number of hydrogen-bond donors (Lipinski definition) is 2. The van der Waals surface area contributed by atoms with Gasteiger partial charge < -0.3 is 15.5 Å². The van der Waals surface area contributed by atoms with Crippen LogP contribution in [-0.2, 0) is 13.1 Å². The maximum Gasteiger partial charge on any atom is 0.161 e. The number of rotatable bonds is 3. The van der Waals surface area contributed by atoms with Crippen molar-refractivity contribution >= 4 is 5.82 Å². The number of piperazine rings is 1. The number of benzene rings is 1. The van der Waals surface area contributed by atoms with Gasteiger partial charge in [-0.2, -0.15) is 0 Å². The van der Waals surface area contributed by atoms with E-state index in [2.05, 4.69) is 50.8 Å². The molecule has 1 fully saturated rings. The summed E-state index contributed by atoms with van der Waals surface area (Å²) in [5, 5.41) is 7.07. The van der Waals surface area contributed by atoms with Gasteiger partial charge in [0.05, 0.1) is 5.69 Å². The Morgan fingerprint density at radius 1 is 0.963 bits per heavy atom. The zero-order valence-corrected chi connectivity index (χ0v) is 15.1. The Balaban J connectivity index is 1.51. The summed E-state index contributed by atoms with van der Waals surface area (Å²) in [7, 11) is 0. The summed E-state index contributed by atoms with van der Waals surface area (Å²) in [6.07, 6.45) is 3.58. The first-order chi connectivity index (χ1) is 13.4. The maximum atomic E-state index is 4.99. The minimum atomic E-state index is 0.310. The summed E-state index contributed by atoms with van der Waals surface area (Å²) in [6.45, 7) is 4.43. The predicted molar refractivity (Wildman–Crippen MR) is 105 cm³/mol. The van der Waals surface area contributed by atoms with E-state index in [1.807, 2.05) is 12.1 Å². The minimum Gasteiger partial charge on any atom is -0.353 e. The van der Waals surface area contributed by atoms with E-state index in [1.165, 1.54) is 11.1 Å². The summed E-state index contributed by atoms with van der Waals surface area (Å²) in [5.41, 5.74) is 4.68. The Morgan fingerprint density at radius 3 is 2.67 bits per heavy atom. The standard InChI is InChI=1S/C21H22N6/c1-2-4-15(5-3-1)19-14-27(11-10-24-19)21-17-12-23-13-18(17)25-20(26-21)16-6-8-22-9-7-16/h1-9,19,23-24H,10-14H2. The first-order valence-electron chi connectivity index (χ1n) is 9.42. The monoisotopic (exact) mass is 358 g/mol. The van der Waals surface area contributed by atoms with Crippen LogP contribution in [0.4, 0.5) is 5.82 Å². The molecule has 0 aliphatic carbocycles. The first-order valence-corrected chi connectivity index (χ1v) is 9.42. The number of anilines is 1. The normalized spacial score (nSPS) is 19.1. The number of aromatic nitrogens is 3. The number of nitrogens with one attached hydrogen (secondary N) is 2. The average Bonchev–Trinajstić information content (AvgIpc) is 3.23. The molecule has 2 N–H and O–H groups in total. The molecule has 0 bridgehead atoms. The Bertz CT molecular complexity index is 928. The predicted octanol–water partition coefficient (Wildman–Crippen LogP) is 2.29. The zero-order valence-electron chi connectivity index (χ0n) is 15.1. The van der Waals surface area contributed by atoms with Crippen molar-refractivity contribution in [2.45, 2.75) is 19.1 Å². The van der Waals surface area contributed by atoms with E-state index in [9.17, 15) is 0 Å². The van der Waals surface area contributed by atoms with Crippen molar-refractivity contribution in [3.05, 3.63) is 71.7 Å². The van der Waals surface area contributed by atoms with Crippen molar-refractivity contribution < 1.29 is 0 Å². The van der Waals surface area contributed by atoms with Gasteiger partial charge in [-0.05, 0) is 17.7 Å². The van der Waals surface area contributed by atoms with Crippen LogP contribution in [-0.4, -0.2) is 34.6 Å². The highest BCUT2D eigenvalue weighted by atomic mass is 15.3. The van der Waals surface area contributed by atoms with Crippen LogP contribution in [0, 0.1) is 0 Å². The van der Waals surface area contributed by atoms with Crippen LogP contribution in [0.2, 0.25) is 0 Å². The van der Waals surface area contributed by atoms with Crippen molar-refractivity contribution in [1.82, 2.24) is 25.6 Å². The van der Waals surface area contributed by atoms with Gasteiger partial charge in [0.1, 0.15) is 5.82 Å². The highest BCUT2D eigenvalue weighted by molar-refractivity contribution is 5.61. The third-order valence-electron chi connectivity index (χ3n) is 5.28. The van der Waals surface area contributed by atoms with Gasteiger partial charge in [0.25, 0.3) is 0 Å². The van der Waals surface area contributed by atoms with E-state index in [0.717, 1.165) is 55.6 Å². The van der Waals surface area contributed by atoms with Gasteiger partial charge >= 0.3 is 0 Å². The SMILES string of the molecule is c1ccc(C2CN(c3nc(-c4ccncc4)nc4c3CNC4)CCN2)cc1. The van der Waals surface area contributed by atoms with Crippen molar-refractivity contribution in [2.75, 3.05) is 24.5 Å². The fourth-order valence-electron chi connectivity index (χ4n) is 3.89. The van der Waals surface area contributed by atoms with Crippen LogP contribution in [0.1, 0.15) is 22.9 Å². The van der Waals surface area contributed by atoms with Gasteiger partial charge in [0, 0.05) is 62.3 Å². The van der Waals surface area contributed by atoms with E-state index in [0.29, 0.717) is 6.04 Å². The average molecular weight is 358 g/mol. The fourth-order valence-corrected chi connectivity index (χ4v) is 3.89. The minimum absolute atomic E-state index is 0.310. The highest BCUT2D eigenvalue weighted by Gasteiger charge is 2.27. The molecule has 0 amide bonds. The summed E-state index contributed by atoms with van der Waals surface area (Å²) in [5.74, 6) is 1.85. The summed E-state index contributed by atoms with van der Waals surface area (Å²) in [4.78, 5) is 16.3. The second kappa shape index (κ2) is 7.06. The molecule has 6 nitrogen and oxygen atoms in total. The maximum absolute atomic E-state index is 4.99. The van der Waals surface area contributed by atoms with Gasteiger partial charge in [-0.1, -0.05) is 30.3 Å². The van der Waals surface area contributed by atoms with Gasteiger partial charge in [0.2, 0.25) is 0 Å². The van der Waals surface area contributed by atoms with Crippen LogP contribution in [0.5, 0.6) is 0 Å². The zero-order chi connectivity index (χ0) is 18.1. The molecule has 0 saturated carbocycles. The van der Waals surface area contributed by atoms with Gasteiger partial charge in [-0.3, -0.25) is 4.98 Å². The summed E-state index contributed by atoms with van der Waals surface area (Å²) >= 11 is 0. The summed E-state index contributed by atoms with van der Waals surface area (Å²) in [6, 6.07) is 14.9. The lowest BCUT2D eigenvalue weighted by atomic mass is 10.0. The molecule has 136 valence electrons. The lowest BCUT2D eigenvalue weighted by Crippen LogP contribution is -2.46. The molecule has 0 spiro atoms. The molecule has 1 atom stereocenters. The molecular weight excluding hydrogens is 336 g/mol. The topological polar surface area (TPSA) is 66.0 Å². The second-order valence-electron chi connectivity index (χ2n) is 7.00. The third-order valence-corrected chi connectivity index (χ3v) is 5.28. The third kappa shape index (κ3) is 3.18. The van der Waals surface area contributed by atoms with E-state index in [1.54, 1.807) is 12.4 Å². The van der Waals surface area contributed by atoms with Gasteiger partial charge in [-0.25, -0.2) is 9.97 Å². The number of nitrogens with zero attached hydrogens (tertiary/aromatic N) is 4. The van der Waals surface area contributed by atoms with Crippen molar-refractivity contribution in [3.8, 4) is 11.4 Å². The number of hydrogen-bond acceptors (Lipinski definition) is 6. The van der Waals surface area contributed by atoms with E-state index >= 15 is 0 Å². The molecule has 2 aliphatic rings. The van der Waals surface area contributed by atoms with Crippen molar-refractivity contribution in [1.29, 1.82) is 0 Å². The van der Waals surface area contributed by atoms with Crippen LogP contribution in [0.3, 0.4) is 0 Å². The van der Waals surface area contributed by atoms with Crippen LogP contribution >= 0.6 is 0 Å². The molecule has 1 aromatic carbocycles. The quantitative estimate of drug-likeness (QED) is 0.749. The van der Waals surface area contributed by atoms with E-state index in [4.69, 9.17) is 9.97 Å². The van der Waals surface area contributed by atoms with Crippen molar-refractivity contribution in [2.24, 2.45) is 0 Å². The van der Waals surface area contributed by atoms with E-state index in [-0.39, 0.29) is 0 Å². The molecule has 2 aromatic heterocycles. The highest BCUT2D eigenvalue weighted by Crippen LogP contribution is 2.30. The molecule has 6 heteroatoms. The smallest absolute Gasteiger partial charge is 0.161 e. The summed E-state index contributed by atoms with van der Waals surface area (Å²) < 4.78 is 0. The number of fused-ring (bicyclic) bond motifs is 1. The largest absolute Gasteiger partial charge is 0.353 e. The lowest BCUT2D eigenvalue weighted by molar-refractivity contribution is 0.468. The van der Waals surface area contributed by atoms with Crippen LogP contribution in [0.25, 0.3) is 11.4 Å². The van der Waals surface area contributed by atoms with Crippen molar-refractivity contribution in [3.63, 3.8) is 0 Å².